The molecule has 3 aromatic rings. The van der Waals surface area contributed by atoms with E-state index in [1.165, 1.54) is 6.92 Å². The Balaban J connectivity index is 1.62. The van der Waals surface area contributed by atoms with Crippen LogP contribution in [0.15, 0.2) is 72.8 Å². The van der Waals surface area contributed by atoms with E-state index in [2.05, 4.69) is 10.6 Å². The van der Waals surface area contributed by atoms with Gasteiger partial charge in [0.1, 0.15) is 12.4 Å². The first kappa shape index (κ1) is 18.8. The number of hydrogen-bond acceptors (Lipinski definition) is 3. The molecule has 0 saturated heterocycles. The van der Waals surface area contributed by atoms with E-state index in [0.717, 1.165) is 28.3 Å². The fourth-order valence-corrected chi connectivity index (χ4v) is 2.82. The van der Waals surface area contributed by atoms with E-state index < -0.39 is 0 Å². The van der Waals surface area contributed by atoms with Crippen LogP contribution >= 0.6 is 11.6 Å². The lowest BCUT2D eigenvalue weighted by molar-refractivity contribution is -0.114. The number of amides is 1. The number of anilines is 2. The van der Waals surface area contributed by atoms with Crippen LogP contribution in [0.25, 0.3) is 0 Å². The van der Waals surface area contributed by atoms with E-state index in [1.54, 1.807) is 0 Å². The normalized spacial score (nSPS) is 10.3. The van der Waals surface area contributed by atoms with Gasteiger partial charge >= 0.3 is 0 Å². The first-order valence-electron chi connectivity index (χ1n) is 8.67. The maximum atomic E-state index is 11.1. The molecule has 27 heavy (non-hydrogen) atoms. The van der Waals surface area contributed by atoms with Crippen LogP contribution in [0.1, 0.15) is 18.1 Å². The number of para-hydroxylation sites is 1. The fraction of sp³-hybridized carbons (Fsp3) is 0.136. The van der Waals surface area contributed by atoms with Gasteiger partial charge in [-0.1, -0.05) is 48.0 Å². The maximum absolute atomic E-state index is 11.1. The van der Waals surface area contributed by atoms with E-state index >= 15 is 0 Å². The number of hydrogen-bond donors (Lipinski definition) is 2. The third-order valence-electron chi connectivity index (χ3n) is 4.00. The van der Waals surface area contributed by atoms with Crippen molar-refractivity contribution in [3.63, 3.8) is 0 Å². The van der Waals surface area contributed by atoms with Crippen molar-refractivity contribution >= 4 is 28.9 Å². The lowest BCUT2D eigenvalue weighted by Gasteiger charge is -2.14. The molecular formula is C22H21ClN2O2. The molecule has 0 fully saturated rings. The summed E-state index contributed by atoms with van der Waals surface area (Å²) in [6.07, 6.45) is 0. The zero-order valence-electron chi connectivity index (χ0n) is 15.0. The molecule has 1 amide bonds. The molecule has 0 aliphatic rings. The Kier molecular flexibility index (Phi) is 6.34. The summed E-state index contributed by atoms with van der Waals surface area (Å²) < 4.78 is 5.98. The van der Waals surface area contributed by atoms with Gasteiger partial charge in [-0.15, -0.1) is 0 Å². The van der Waals surface area contributed by atoms with Gasteiger partial charge in [0.25, 0.3) is 0 Å². The predicted molar refractivity (Wildman–Crippen MR) is 110 cm³/mol. The van der Waals surface area contributed by atoms with Gasteiger partial charge in [0.15, 0.2) is 0 Å². The molecule has 2 N–H and O–H groups in total. The molecule has 0 unspecified atom stereocenters. The lowest BCUT2D eigenvalue weighted by Crippen LogP contribution is -2.06. The molecule has 4 nitrogen and oxygen atoms in total. The SMILES string of the molecule is CC(=O)Nc1ccc(NCc2ccccc2OCc2ccccc2Cl)cc1. The van der Waals surface area contributed by atoms with Crippen molar-refractivity contribution in [2.75, 3.05) is 10.6 Å². The van der Waals surface area contributed by atoms with Gasteiger partial charge in [0.2, 0.25) is 5.91 Å². The average molecular weight is 381 g/mol. The smallest absolute Gasteiger partial charge is 0.221 e. The molecule has 0 spiro atoms. The highest BCUT2D eigenvalue weighted by atomic mass is 35.5. The Bertz CT molecular complexity index is 910. The van der Waals surface area contributed by atoms with Crippen LogP contribution < -0.4 is 15.4 Å². The molecule has 5 heteroatoms. The molecule has 3 rings (SSSR count). The molecule has 0 radical (unpaired) electrons. The Labute approximate surface area is 164 Å². The van der Waals surface area contributed by atoms with Crippen molar-refractivity contribution < 1.29 is 9.53 Å². The summed E-state index contributed by atoms with van der Waals surface area (Å²) in [6, 6.07) is 23.2. The van der Waals surface area contributed by atoms with E-state index in [9.17, 15) is 4.79 Å². The Hall–Kier alpha value is -2.98. The summed E-state index contributed by atoms with van der Waals surface area (Å²) in [7, 11) is 0. The predicted octanol–water partition coefficient (Wildman–Crippen LogP) is 5.49. The van der Waals surface area contributed by atoms with Gasteiger partial charge in [-0.2, -0.15) is 0 Å². The minimum Gasteiger partial charge on any atom is -0.488 e. The van der Waals surface area contributed by atoms with Crippen molar-refractivity contribution in [2.45, 2.75) is 20.1 Å². The van der Waals surface area contributed by atoms with Crippen molar-refractivity contribution in [2.24, 2.45) is 0 Å². The third kappa shape index (κ3) is 5.50. The van der Waals surface area contributed by atoms with E-state index in [4.69, 9.17) is 16.3 Å². The standard InChI is InChI=1S/C22H21ClN2O2/c1-16(26)25-20-12-10-19(11-13-20)24-14-17-6-3-5-9-22(17)27-15-18-7-2-4-8-21(18)23/h2-13,24H,14-15H2,1H3,(H,25,26). The second-order valence-electron chi connectivity index (χ2n) is 6.10. The van der Waals surface area contributed by atoms with Crippen molar-refractivity contribution in [3.05, 3.63) is 88.9 Å². The van der Waals surface area contributed by atoms with Crippen molar-refractivity contribution in [3.8, 4) is 5.75 Å². The molecule has 0 aliphatic heterocycles. The summed E-state index contributed by atoms with van der Waals surface area (Å²) in [5.74, 6) is 0.736. The number of nitrogens with one attached hydrogen (secondary N) is 2. The first-order valence-corrected chi connectivity index (χ1v) is 9.05. The number of carbonyl (C=O) groups excluding carboxylic acids is 1. The molecule has 138 valence electrons. The van der Waals surface area contributed by atoms with E-state index in [0.29, 0.717) is 18.2 Å². The molecule has 0 heterocycles. The van der Waals surface area contributed by atoms with Crippen LogP contribution in [0, 0.1) is 0 Å². The molecular weight excluding hydrogens is 360 g/mol. The molecule has 0 atom stereocenters. The molecule has 0 aliphatic carbocycles. The zero-order chi connectivity index (χ0) is 19.1. The van der Waals surface area contributed by atoms with Crippen LogP contribution in [0.5, 0.6) is 5.75 Å². The summed E-state index contributed by atoms with van der Waals surface area (Å²) >= 11 is 6.20. The average Bonchev–Trinajstić information content (AvgIpc) is 2.67. The quantitative estimate of drug-likeness (QED) is 0.569. The van der Waals surface area contributed by atoms with Gasteiger partial charge in [-0.3, -0.25) is 4.79 Å². The van der Waals surface area contributed by atoms with E-state index in [-0.39, 0.29) is 5.91 Å². The summed E-state index contributed by atoms with van der Waals surface area (Å²) in [5.41, 5.74) is 3.74. The largest absolute Gasteiger partial charge is 0.488 e. The molecule has 0 aromatic heterocycles. The minimum absolute atomic E-state index is 0.0831. The lowest BCUT2D eigenvalue weighted by atomic mass is 10.2. The topological polar surface area (TPSA) is 50.4 Å². The number of benzene rings is 3. The summed E-state index contributed by atoms with van der Waals surface area (Å²) in [6.45, 7) is 2.53. The molecule has 0 bridgehead atoms. The molecule has 0 saturated carbocycles. The fourth-order valence-electron chi connectivity index (χ4n) is 2.63. The van der Waals surface area contributed by atoms with Crippen LogP contribution in [0.2, 0.25) is 5.02 Å². The number of carbonyl (C=O) groups is 1. The Morgan fingerprint density at radius 2 is 1.52 bits per heavy atom. The van der Waals surface area contributed by atoms with Crippen LogP contribution in [0.3, 0.4) is 0 Å². The second-order valence-corrected chi connectivity index (χ2v) is 6.51. The number of rotatable bonds is 7. The summed E-state index contributed by atoms with van der Waals surface area (Å²) in [5, 5.41) is 6.83. The van der Waals surface area contributed by atoms with Crippen molar-refractivity contribution in [1.82, 2.24) is 0 Å². The van der Waals surface area contributed by atoms with Crippen LogP contribution in [0.4, 0.5) is 11.4 Å². The maximum Gasteiger partial charge on any atom is 0.221 e. The van der Waals surface area contributed by atoms with Crippen LogP contribution in [-0.2, 0) is 17.9 Å². The zero-order valence-corrected chi connectivity index (χ0v) is 15.8. The molecule has 3 aromatic carbocycles. The Morgan fingerprint density at radius 1 is 0.889 bits per heavy atom. The highest BCUT2D eigenvalue weighted by Crippen LogP contribution is 2.23. The monoisotopic (exact) mass is 380 g/mol. The highest BCUT2D eigenvalue weighted by Gasteiger charge is 2.06. The number of halogens is 1. The van der Waals surface area contributed by atoms with Crippen LogP contribution in [-0.4, -0.2) is 5.91 Å². The van der Waals surface area contributed by atoms with Gasteiger partial charge in [-0.25, -0.2) is 0 Å². The first-order chi connectivity index (χ1) is 13.1. The van der Waals surface area contributed by atoms with Crippen molar-refractivity contribution in [1.29, 1.82) is 0 Å². The second kappa shape index (κ2) is 9.10. The van der Waals surface area contributed by atoms with Gasteiger partial charge in [0, 0.05) is 41.0 Å². The van der Waals surface area contributed by atoms with E-state index in [1.807, 2.05) is 72.8 Å². The van der Waals surface area contributed by atoms with Gasteiger partial charge in [-0.05, 0) is 36.4 Å². The van der Waals surface area contributed by atoms with Gasteiger partial charge < -0.3 is 15.4 Å². The minimum atomic E-state index is -0.0831. The Morgan fingerprint density at radius 3 is 2.22 bits per heavy atom. The van der Waals surface area contributed by atoms with Gasteiger partial charge in [0.05, 0.1) is 0 Å². The highest BCUT2D eigenvalue weighted by molar-refractivity contribution is 6.31. The third-order valence-corrected chi connectivity index (χ3v) is 4.37. The summed E-state index contributed by atoms with van der Waals surface area (Å²) in [4.78, 5) is 11.1. The number of ether oxygens (including phenoxy) is 1.